The lowest BCUT2D eigenvalue weighted by Crippen LogP contribution is -2.35. The highest BCUT2D eigenvalue weighted by atomic mass is 16.6. The van der Waals surface area contributed by atoms with Crippen molar-refractivity contribution in [1.29, 1.82) is 0 Å². The normalized spacial score (nSPS) is 14.1. The van der Waals surface area contributed by atoms with Crippen LogP contribution in [0.3, 0.4) is 0 Å². The van der Waals surface area contributed by atoms with Crippen molar-refractivity contribution in [1.82, 2.24) is 4.90 Å². The molecule has 28 heavy (non-hydrogen) atoms. The Bertz CT molecular complexity index is 775. The van der Waals surface area contributed by atoms with E-state index < -0.39 is 0 Å². The summed E-state index contributed by atoms with van der Waals surface area (Å²) in [5, 5.41) is 4.42. The lowest BCUT2D eigenvalue weighted by molar-refractivity contribution is -0.139. The molecule has 0 saturated heterocycles. The molecule has 0 unspecified atom stereocenters. The molecular formula is C23H26N2O3. The second-order valence-electron chi connectivity index (χ2n) is 6.52. The Morgan fingerprint density at radius 1 is 1.04 bits per heavy atom. The third kappa shape index (κ3) is 5.54. The van der Waals surface area contributed by atoms with Gasteiger partial charge in [-0.3, -0.25) is 4.90 Å². The Morgan fingerprint density at radius 2 is 1.68 bits per heavy atom. The molecule has 0 saturated carbocycles. The smallest absolute Gasteiger partial charge is 0.334 e. The molecule has 0 radical (unpaired) electrons. The van der Waals surface area contributed by atoms with Gasteiger partial charge in [0.2, 0.25) is 0 Å². The van der Waals surface area contributed by atoms with Crippen LogP contribution in [0.25, 0.3) is 0 Å². The van der Waals surface area contributed by atoms with Crippen LogP contribution in [-0.2, 0) is 14.4 Å². The number of hydrogen-bond donors (Lipinski definition) is 0. The molecule has 0 atom stereocenters. The highest BCUT2D eigenvalue weighted by Gasteiger charge is 2.18. The van der Waals surface area contributed by atoms with Crippen LogP contribution >= 0.6 is 0 Å². The summed E-state index contributed by atoms with van der Waals surface area (Å²) in [7, 11) is 0. The molecule has 0 amide bonds. The molecule has 0 N–H and O–H groups in total. The van der Waals surface area contributed by atoms with Crippen LogP contribution in [0, 0.1) is 0 Å². The summed E-state index contributed by atoms with van der Waals surface area (Å²) in [6.07, 6.45) is 2.81. The summed E-state index contributed by atoms with van der Waals surface area (Å²) in [6.45, 7) is 4.88. The fourth-order valence-electron chi connectivity index (χ4n) is 3.11. The predicted molar refractivity (Wildman–Crippen MR) is 110 cm³/mol. The number of ether oxygens (including phenoxy) is 1. The van der Waals surface area contributed by atoms with Gasteiger partial charge in [0.15, 0.2) is 0 Å². The highest BCUT2D eigenvalue weighted by Crippen LogP contribution is 2.13. The number of hydrogen-bond acceptors (Lipinski definition) is 5. The monoisotopic (exact) mass is 378 g/mol. The summed E-state index contributed by atoms with van der Waals surface area (Å²) in [6, 6.07) is 20.0. The van der Waals surface area contributed by atoms with E-state index in [-0.39, 0.29) is 5.97 Å². The SMILES string of the molecule is CCOC(=O)C1=CCCN(CCON=C(c2ccccc2)c2ccccc2)C1. The average Bonchev–Trinajstić information content (AvgIpc) is 2.75. The minimum Gasteiger partial charge on any atom is -0.463 e. The van der Waals surface area contributed by atoms with Gasteiger partial charge in [-0.2, -0.15) is 0 Å². The quantitative estimate of drug-likeness (QED) is 0.305. The molecular weight excluding hydrogens is 352 g/mol. The lowest BCUT2D eigenvalue weighted by atomic mass is 10.0. The fourth-order valence-corrected chi connectivity index (χ4v) is 3.11. The van der Waals surface area contributed by atoms with Crippen LogP contribution in [0.4, 0.5) is 0 Å². The Kier molecular flexibility index (Phi) is 7.38. The van der Waals surface area contributed by atoms with Crippen molar-refractivity contribution in [2.45, 2.75) is 13.3 Å². The molecule has 2 aromatic rings. The summed E-state index contributed by atoms with van der Waals surface area (Å²) in [4.78, 5) is 19.8. The van der Waals surface area contributed by atoms with Gasteiger partial charge in [-0.15, -0.1) is 0 Å². The molecule has 1 heterocycles. The Labute approximate surface area is 166 Å². The van der Waals surface area contributed by atoms with E-state index in [2.05, 4.69) is 10.1 Å². The zero-order valence-corrected chi connectivity index (χ0v) is 16.2. The summed E-state index contributed by atoms with van der Waals surface area (Å²) >= 11 is 0. The van der Waals surface area contributed by atoms with E-state index in [0.717, 1.165) is 35.4 Å². The Morgan fingerprint density at radius 3 is 2.29 bits per heavy atom. The van der Waals surface area contributed by atoms with Crippen molar-refractivity contribution >= 4 is 11.7 Å². The first-order valence-electron chi connectivity index (χ1n) is 9.67. The second kappa shape index (κ2) is 10.4. The maximum atomic E-state index is 11.9. The zero-order chi connectivity index (χ0) is 19.6. The van der Waals surface area contributed by atoms with Crippen LogP contribution in [0.1, 0.15) is 24.5 Å². The van der Waals surface area contributed by atoms with Crippen LogP contribution in [0.2, 0.25) is 0 Å². The molecule has 1 aliphatic rings. The van der Waals surface area contributed by atoms with E-state index >= 15 is 0 Å². The van der Waals surface area contributed by atoms with E-state index in [9.17, 15) is 4.79 Å². The number of carbonyl (C=O) groups excluding carboxylic acids is 1. The molecule has 0 spiro atoms. The molecule has 146 valence electrons. The maximum absolute atomic E-state index is 11.9. The van der Waals surface area contributed by atoms with Crippen LogP contribution < -0.4 is 0 Å². The van der Waals surface area contributed by atoms with Gasteiger partial charge in [-0.25, -0.2) is 4.79 Å². The largest absolute Gasteiger partial charge is 0.463 e. The number of carbonyl (C=O) groups is 1. The molecule has 0 fully saturated rings. The number of esters is 1. The molecule has 1 aliphatic heterocycles. The topological polar surface area (TPSA) is 51.1 Å². The third-order valence-corrected chi connectivity index (χ3v) is 4.52. The van der Waals surface area contributed by atoms with Crippen molar-refractivity contribution in [3.05, 3.63) is 83.4 Å². The second-order valence-corrected chi connectivity index (χ2v) is 6.52. The minimum atomic E-state index is -0.221. The van der Waals surface area contributed by atoms with Crippen molar-refractivity contribution < 1.29 is 14.4 Å². The molecule has 0 aliphatic carbocycles. The van der Waals surface area contributed by atoms with E-state index in [1.807, 2.05) is 73.7 Å². The Balaban J connectivity index is 1.59. The molecule has 5 heteroatoms. The van der Waals surface area contributed by atoms with Gasteiger partial charge >= 0.3 is 5.97 Å². The third-order valence-electron chi connectivity index (χ3n) is 4.52. The first-order chi connectivity index (χ1) is 13.8. The maximum Gasteiger partial charge on any atom is 0.334 e. The number of nitrogens with zero attached hydrogens (tertiary/aromatic N) is 2. The van der Waals surface area contributed by atoms with E-state index in [1.54, 1.807) is 0 Å². The van der Waals surface area contributed by atoms with Gasteiger partial charge in [0.05, 0.1) is 6.61 Å². The molecule has 0 bridgehead atoms. The average molecular weight is 378 g/mol. The van der Waals surface area contributed by atoms with Crippen LogP contribution in [0.15, 0.2) is 77.5 Å². The van der Waals surface area contributed by atoms with E-state index in [0.29, 0.717) is 26.3 Å². The van der Waals surface area contributed by atoms with Crippen molar-refractivity contribution in [2.75, 3.05) is 32.8 Å². The molecule has 5 nitrogen and oxygen atoms in total. The molecule has 3 rings (SSSR count). The summed E-state index contributed by atoms with van der Waals surface area (Å²) in [5.74, 6) is -0.221. The van der Waals surface area contributed by atoms with Crippen molar-refractivity contribution in [2.24, 2.45) is 5.16 Å². The molecule has 2 aromatic carbocycles. The van der Waals surface area contributed by atoms with E-state index in [1.165, 1.54) is 0 Å². The summed E-state index contributed by atoms with van der Waals surface area (Å²) < 4.78 is 5.10. The van der Waals surface area contributed by atoms with Gasteiger partial charge in [-0.05, 0) is 13.3 Å². The number of oxime groups is 1. The van der Waals surface area contributed by atoms with Gasteiger partial charge in [0, 0.05) is 36.3 Å². The first-order valence-corrected chi connectivity index (χ1v) is 9.67. The summed E-state index contributed by atoms with van der Waals surface area (Å²) in [5.41, 5.74) is 3.57. The van der Waals surface area contributed by atoms with Gasteiger partial charge < -0.3 is 9.57 Å². The number of benzene rings is 2. The predicted octanol–water partition coefficient (Wildman–Crippen LogP) is 3.65. The van der Waals surface area contributed by atoms with Crippen LogP contribution in [0.5, 0.6) is 0 Å². The first kappa shape index (κ1) is 19.8. The zero-order valence-electron chi connectivity index (χ0n) is 16.2. The fraction of sp³-hybridized carbons (Fsp3) is 0.304. The van der Waals surface area contributed by atoms with Gasteiger partial charge in [0.1, 0.15) is 12.3 Å². The van der Waals surface area contributed by atoms with Gasteiger partial charge in [-0.1, -0.05) is 71.9 Å². The lowest BCUT2D eigenvalue weighted by Gasteiger charge is -2.25. The standard InChI is InChI=1S/C23H26N2O3/c1-2-27-23(26)21-14-9-15-25(18-21)16-17-28-24-22(19-10-5-3-6-11-19)20-12-7-4-8-13-20/h3-8,10-14H,2,9,15-18H2,1H3. The minimum absolute atomic E-state index is 0.221. The highest BCUT2D eigenvalue weighted by molar-refractivity contribution is 6.12. The number of rotatable bonds is 8. The Hall–Kier alpha value is -2.92. The van der Waals surface area contributed by atoms with E-state index in [4.69, 9.17) is 9.57 Å². The molecule has 0 aromatic heterocycles. The van der Waals surface area contributed by atoms with Gasteiger partial charge in [0.25, 0.3) is 0 Å². The van der Waals surface area contributed by atoms with Crippen LogP contribution in [-0.4, -0.2) is 49.4 Å². The van der Waals surface area contributed by atoms with Crippen molar-refractivity contribution in [3.8, 4) is 0 Å². The van der Waals surface area contributed by atoms with Crippen molar-refractivity contribution in [3.63, 3.8) is 0 Å².